The van der Waals surface area contributed by atoms with Gasteiger partial charge in [-0.3, -0.25) is 14.6 Å². The van der Waals surface area contributed by atoms with E-state index in [0.717, 1.165) is 65.1 Å². The smallest absolute Gasteiger partial charge is 0.236 e. The molecule has 134 valence electrons. The minimum atomic E-state index is 0.306. The molecule has 5 heteroatoms. The molecule has 2 aliphatic rings. The summed E-state index contributed by atoms with van der Waals surface area (Å²) in [5, 5.41) is 8.89. The zero-order valence-corrected chi connectivity index (χ0v) is 15.0. The summed E-state index contributed by atoms with van der Waals surface area (Å²) in [5.41, 5.74) is 1.96. The summed E-state index contributed by atoms with van der Waals surface area (Å²) in [5.74, 6) is 0.306. The lowest BCUT2D eigenvalue weighted by molar-refractivity contribution is -0.133. The summed E-state index contributed by atoms with van der Waals surface area (Å²) in [6, 6.07) is 10.0. The van der Waals surface area contributed by atoms with Crippen molar-refractivity contribution < 1.29 is 4.79 Å². The number of likely N-dealkylation sites (tertiary alicyclic amines) is 1. The Hall–Kier alpha value is -1.90. The lowest BCUT2D eigenvalue weighted by Crippen LogP contribution is -2.43. The van der Waals surface area contributed by atoms with Gasteiger partial charge in [0.2, 0.25) is 5.91 Å². The number of nitrogens with zero attached hydrogens (tertiary/aromatic N) is 4. The van der Waals surface area contributed by atoms with Crippen molar-refractivity contribution in [3.8, 4) is 6.07 Å². The van der Waals surface area contributed by atoms with Gasteiger partial charge in [-0.15, -0.1) is 0 Å². The van der Waals surface area contributed by atoms with Crippen LogP contribution in [0.4, 0.5) is 0 Å². The van der Waals surface area contributed by atoms with Gasteiger partial charge < -0.3 is 4.90 Å². The molecular weight excluding hydrogens is 312 g/mol. The second kappa shape index (κ2) is 8.98. The van der Waals surface area contributed by atoms with Crippen LogP contribution in [0.1, 0.15) is 36.8 Å². The summed E-state index contributed by atoms with van der Waals surface area (Å²) < 4.78 is 0. The standard InChI is InChI=1S/C20H28N4O/c21-15-18-5-7-19(8-6-18)16-22-9-4-10-23(14-13-22)17-20(25)24-11-2-1-3-12-24/h5-8H,1-4,9-14,16-17H2. The molecule has 5 nitrogen and oxygen atoms in total. The van der Waals surface area contributed by atoms with Crippen LogP contribution >= 0.6 is 0 Å². The summed E-state index contributed by atoms with van der Waals surface area (Å²) in [7, 11) is 0. The first-order valence-electron chi connectivity index (χ1n) is 9.46. The first-order chi connectivity index (χ1) is 12.2. The fourth-order valence-corrected chi connectivity index (χ4v) is 3.72. The average Bonchev–Trinajstić information content (AvgIpc) is 2.88. The number of amides is 1. The normalized spacial score (nSPS) is 20.0. The lowest BCUT2D eigenvalue weighted by atomic mass is 10.1. The zero-order valence-electron chi connectivity index (χ0n) is 15.0. The Bertz CT molecular complexity index is 601. The summed E-state index contributed by atoms with van der Waals surface area (Å²) in [4.78, 5) is 19.3. The van der Waals surface area contributed by atoms with E-state index in [0.29, 0.717) is 18.0 Å². The second-order valence-electron chi connectivity index (χ2n) is 7.16. The highest BCUT2D eigenvalue weighted by Crippen LogP contribution is 2.12. The predicted octanol–water partition coefficient (Wildman–Crippen LogP) is 2.08. The van der Waals surface area contributed by atoms with Crippen molar-refractivity contribution in [2.45, 2.75) is 32.2 Å². The van der Waals surface area contributed by atoms with Crippen molar-refractivity contribution in [1.29, 1.82) is 5.26 Å². The van der Waals surface area contributed by atoms with Crippen molar-refractivity contribution in [2.24, 2.45) is 0 Å². The molecule has 2 fully saturated rings. The van der Waals surface area contributed by atoms with E-state index in [4.69, 9.17) is 5.26 Å². The van der Waals surface area contributed by atoms with E-state index >= 15 is 0 Å². The van der Waals surface area contributed by atoms with Crippen LogP contribution in [0.2, 0.25) is 0 Å². The second-order valence-corrected chi connectivity index (χ2v) is 7.16. The van der Waals surface area contributed by atoms with Crippen molar-refractivity contribution in [2.75, 3.05) is 45.8 Å². The Kier molecular flexibility index (Phi) is 6.43. The molecule has 1 aromatic carbocycles. The van der Waals surface area contributed by atoms with E-state index in [-0.39, 0.29) is 0 Å². The number of carbonyl (C=O) groups is 1. The Morgan fingerprint density at radius 1 is 0.880 bits per heavy atom. The molecular formula is C20H28N4O. The molecule has 0 atom stereocenters. The molecule has 3 rings (SSSR count). The maximum absolute atomic E-state index is 12.5. The number of benzene rings is 1. The molecule has 0 spiro atoms. The fraction of sp³-hybridized carbons (Fsp3) is 0.600. The quantitative estimate of drug-likeness (QED) is 0.842. The van der Waals surface area contributed by atoms with Crippen LogP contribution in [-0.4, -0.2) is 66.4 Å². The Morgan fingerprint density at radius 3 is 2.28 bits per heavy atom. The number of carbonyl (C=O) groups excluding carboxylic acids is 1. The van der Waals surface area contributed by atoms with Crippen LogP contribution in [-0.2, 0) is 11.3 Å². The highest BCUT2D eigenvalue weighted by Gasteiger charge is 2.21. The third-order valence-electron chi connectivity index (χ3n) is 5.24. The van der Waals surface area contributed by atoms with Gasteiger partial charge in [-0.2, -0.15) is 5.26 Å². The van der Waals surface area contributed by atoms with Crippen LogP contribution in [0.3, 0.4) is 0 Å². The van der Waals surface area contributed by atoms with Gasteiger partial charge in [0.25, 0.3) is 0 Å². The van der Waals surface area contributed by atoms with Crippen molar-refractivity contribution in [1.82, 2.24) is 14.7 Å². The summed E-state index contributed by atoms with van der Waals surface area (Å²) in [6.07, 6.45) is 4.68. The van der Waals surface area contributed by atoms with E-state index in [1.165, 1.54) is 12.0 Å². The third-order valence-corrected chi connectivity index (χ3v) is 5.24. The number of hydrogen-bond acceptors (Lipinski definition) is 4. The van der Waals surface area contributed by atoms with Gasteiger partial charge in [0, 0.05) is 32.7 Å². The van der Waals surface area contributed by atoms with Gasteiger partial charge in [-0.25, -0.2) is 0 Å². The first-order valence-corrected chi connectivity index (χ1v) is 9.46. The van der Waals surface area contributed by atoms with E-state index in [1.807, 2.05) is 29.2 Å². The predicted molar refractivity (Wildman–Crippen MR) is 97.9 cm³/mol. The van der Waals surface area contributed by atoms with E-state index in [2.05, 4.69) is 15.9 Å². The molecule has 0 radical (unpaired) electrons. The van der Waals surface area contributed by atoms with Crippen LogP contribution in [0.25, 0.3) is 0 Å². The van der Waals surface area contributed by atoms with E-state index < -0.39 is 0 Å². The molecule has 1 amide bonds. The van der Waals surface area contributed by atoms with Crippen molar-refractivity contribution in [3.05, 3.63) is 35.4 Å². The van der Waals surface area contributed by atoms with Gasteiger partial charge in [-0.1, -0.05) is 12.1 Å². The maximum Gasteiger partial charge on any atom is 0.236 e. The Morgan fingerprint density at radius 2 is 1.56 bits per heavy atom. The van der Waals surface area contributed by atoms with Gasteiger partial charge >= 0.3 is 0 Å². The largest absolute Gasteiger partial charge is 0.342 e. The van der Waals surface area contributed by atoms with Crippen LogP contribution < -0.4 is 0 Å². The van der Waals surface area contributed by atoms with Crippen molar-refractivity contribution in [3.63, 3.8) is 0 Å². The minimum absolute atomic E-state index is 0.306. The summed E-state index contributed by atoms with van der Waals surface area (Å²) in [6.45, 7) is 7.39. The molecule has 0 aliphatic carbocycles. The number of nitriles is 1. The van der Waals surface area contributed by atoms with Gasteiger partial charge in [-0.05, 0) is 56.5 Å². The molecule has 25 heavy (non-hydrogen) atoms. The Balaban J connectivity index is 1.46. The SMILES string of the molecule is N#Cc1ccc(CN2CCCN(CC(=O)N3CCCCC3)CC2)cc1. The first kappa shape index (κ1) is 17.9. The highest BCUT2D eigenvalue weighted by atomic mass is 16.2. The minimum Gasteiger partial charge on any atom is -0.342 e. The maximum atomic E-state index is 12.5. The van der Waals surface area contributed by atoms with E-state index in [1.54, 1.807) is 0 Å². The van der Waals surface area contributed by atoms with E-state index in [9.17, 15) is 4.79 Å². The van der Waals surface area contributed by atoms with Crippen molar-refractivity contribution >= 4 is 5.91 Å². The Labute approximate surface area is 150 Å². The third kappa shape index (κ3) is 5.29. The van der Waals surface area contributed by atoms with Gasteiger partial charge in [0.05, 0.1) is 18.2 Å². The number of hydrogen-bond donors (Lipinski definition) is 0. The topological polar surface area (TPSA) is 50.6 Å². The molecule has 2 heterocycles. The molecule has 2 saturated heterocycles. The van der Waals surface area contributed by atoms with Gasteiger partial charge in [0.1, 0.15) is 0 Å². The molecule has 0 unspecified atom stereocenters. The van der Waals surface area contributed by atoms with Crippen LogP contribution in [0.15, 0.2) is 24.3 Å². The molecule has 0 saturated carbocycles. The number of rotatable bonds is 4. The molecule has 1 aromatic rings. The molecule has 0 N–H and O–H groups in total. The lowest BCUT2D eigenvalue weighted by Gasteiger charge is -2.29. The number of piperidine rings is 1. The van der Waals surface area contributed by atoms with Crippen LogP contribution in [0.5, 0.6) is 0 Å². The summed E-state index contributed by atoms with van der Waals surface area (Å²) >= 11 is 0. The zero-order chi connectivity index (χ0) is 17.5. The van der Waals surface area contributed by atoms with Gasteiger partial charge in [0.15, 0.2) is 0 Å². The fourth-order valence-electron chi connectivity index (χ4n) is 3.72. The highest BCUT2D eigenvalue weighted by molar-refractivity contribution is 5.78. The molecule has 2 aliphatic heterocycles. The van der Waals surface area contributed by atoms with Crippen LogP contribution in [0, 0.1) is 11.3 Å². The monoisotopic (exact) mass is 340 g/mol. The average molecular weight is 340 g/mol. The molecule has 0 bridgehead atoms. The molecule has 0 aromatic heterocycles.